The van der Waals surface area contributed by atoms with Crippen molar-refractivity contribution in [3.8, 4) is 0 Å². The van der Waals surface area contributed by atoms with Gasteiger partial charge in [0.05, 0.1) is 6.61 Å². The third-order valence-electron chi connectivity index (χ3n) is 5.15. The first-order valence-electron chi connectivity index (χ1n) is 11.3. The van der Waals surface area contributed by atoms with Gasteiger partial charge >= 0.3 is 5.97 Å². The summed E-state index contributed by atoms with van der Waals surface area (Å²) in [6.45, 7) is 5.92. The third kappa shape index (κ3) is 13.9. The van der Waals surface area contributed by atoms with Crippen LogP contribution in [0.3, 0.4) is 0 Å². The first-order valence-corrected chi connectivity index (χ1v) is 11.3. The Bertz CT molecular complexity index is 377. The highest BCUT2D eigenvalue weighted by molar-refractivity contribution is 5.73. The van der Waals surface area contributed by atoms with Gasteiger partial charge < -0.3 is 14.9 Å². The van der Waals surface area contributed by atoms with Crippen LogP contribution < -0.4 is 0 Å². The average molecular weight is 385 g/mol. The maximum absolute atomic E-state index is 12.0. The Morgan fingerprint density at radius 1 is 0.852 bits per heavy atom. The van der Waals surface area contributed by atoms with Gasteiger partial charge in [0.1, 0.15) is 5.92 Å². The molecule has 160 valence electrons. The second kappa shape index (κ2) is 17.2. The van der Waals surface area contributed by atoms with E-state index in [2.05, 4.69) is 19.1 Å². The van der Waals surface area contributed by atoms with E-state index in [4.69, 9.17) is 4.74 Å². The molecule has 0 saturated carbocycles. The number of aliphatic hydroxyl groups is 2. The molecule has 0 bridgehead atoms. The highest BCUT2D eigenvalue weighted by Crippen LogP contribution is 2.26. The minimum absolute atomic E-state index is 0.125. The molecule has 0 radical (unpaired) electrons. The van der Waals surface area contributed by atoms with Crippen LogP contribution in [0.15, 0.2) is 12.2 Å². The van der Waals surface area contributed by atoms with Crippen molar-refractivity contribution in [1.29, 1.82) is 0 Å². The molecule has 4 heteroatoms. The lowest BCUT2D eigenvalue weighted by Gasteiger charge is -2.28. The summed E-state index contributed by atoms with van der Waals surface area (Å²) < 4.78 is 4.99. The van der Waals surface area contributed by atoms with Gasteiger partial charge in [-0.3, -0.25) is 4.79 Å². The average Bonchev–Trinajstić information content (AvgIpc) is 2.64. The first-order chi connectivity index (χ1) is 13.0. The van der Waals surface area contributed by atoms with Crippen LogP contribution in [0.5, 0.6) is 0 Å². The Kier molecular flexibility index (Phi) is 16.7. The molecule has 0 saturated heterocycles. The Balaban J connectivity index is 3.75. The number of hydrogen-bond acceptors (Lipinski definition) is 4. The van der Waals surface area contributed by atoms with Crippen molar-refractivity contribution in [2.75, 3.05) is 6.61 Å². The number of carbonyl (C=O) groups excluding carboxylic acids is 1. The highest BCUT2D eigenvalue weighted by atomic mass is 16.5. The minimum Gasteiger partial charge on any atom is -0.466 e. The molecule has 0 heterocycles. The monoisotopic (exact) mass is 384 g/mol. The highest BCUT2D eigenvalue weighted by Gasteiger charge is 2.38. The van der Waals surface area contributed by atoms with Gasteiger partial charge in [0, 0.05) is 0 Å². The minimum atomic E-state index is -1.97. The first kappa shape index (κ1) is 26.1. The van der Waals surface area contributed by atoms with E-state index in [1.54, 1.807) is 13.8 Å². The Morgan fingerprint density at radius 2 is 1.37 bits per heavy atom. The summed E-state index contributed by atoms with van der Waals surface area (Å²) in [5.41, 5.74) is 0. The molecule has 1 atom stereocenters. The van der Waals surface area contributed by atoms with Gasteiger partial charge in [-0.25, -0.2) is 0 Å². The van der Waals surface area contributed by atoms with E-state index in [0.29, 0.717) is 6.42 Å². The van der Waals surface area contributed by atoms with Gasteiger partial charge in [-0.15, -0.1) is 0 Å². The second-order valence-corrected chi connectivity index (χ2v) is 7.56. The van der Waals surface area contributed by atoms with Gasteiger partial charge in [-0.2, -0.15) is 0 Å². The molecule has 0 aromatic rings. The fraction of sp³-hybridized carbons (Fsp3) is 0.870. The van der Waals surface area contributed by atoms with Crippen molar-refractivity contribution >= 4 is 5.97 Å². The molecule has 0 aliphatic carbocycles. The van der Waals surface area contributed by atoms with Crippen LogP contribution in [0.25, 0.3) is 0 Å². The van der Waals surface area contributed by atoms with Crippen molar-refractivity contribution in [1.82, 2.24) is 0 Å². The molecular weight excluding hydrogens is 340 g/mol. The lowest BCUT2D eigenvalue weighted by Crippen LogP contribution is -2.42. The summed E-state index contributed by atoms with van der Waals surface area (Å²) in [5.74, 6) is -3.31. The lowest BCUT2D eigenvalue weighted by molar-refractivity contribution is -0.215. The van der Waals surface area contributed by atoms with E-state index in [0.717, 1.165) is 32.1 Å². The van der Waals surface area contributed by atoms with Crippen molar-refractivity contribution in [3.63, 3.8) is 0 Å². The zero-order valence-corrected chi connectivity index (χ0v) is 18.0. The molecule has 0 aromatic carbocycles. The zero-order chi connectivity index (χ0) is 20.4. The van der Waals surface area contributed by atoms with Crippen LogP contribution in [0.2, 0.25) is 0 Å². The summed E-state index contributed by atoms with van der Waals surface area (Å²) in [6.07, 6.45) is 19.6. The molecular formula is C23H44O4. The maximum Gasteiger partial charge on any atom is 0.314 e. The fourth-order valence-electron chi connectivity index (χ4n) is 3.27. The predicted octanol–water partition coefficient (Wildman–Crippen LogP) is 5.90. The summed E-state index contributed by atoms with van der Waals surface area (Å²) in [5, 5.41) is 20.1. The summed E-state index contributed by atoms with van der Waals surface area (Å²) in [7, 11) is 0. The zero-order valence-electron chi connectivity index (χ0n) is 18.0. The molecule has 0 aliphatic rings. The van der Waals surface area contributed by atoms with Crippen LogP contribution in [0.4, 0.5) is 0 Å². The van der Waals surface area contributed by atoms with Gasteiger partial charge in [-0.1, -0.05) is 77.4 Å². The molecule has 1 unspecified atom stereocenters. The number of esters is 1. The number of ether oxygens (including phenoxy) is 1. The van der Waals surface area contributed by atoms with Gasteiger partial charge in [-0.05, 0) is 45.4 Å². The normalized spacial score (nSPS) is 13.2. The maximum atomic E-state index is 12.0. The Labute approximate surface area is 167 Å². The van der Waals surface area contributed by atoms with Crippen molar-refractivity contribution < 1.29 is 19.7 Å². The molecule has 2 N–H and O–H groups in total. The van der Waals surface area contributed by atoms with E-state index in [-0.39, 0.29) is 13.0 Å². The molecule has 0 aromatic heterocycles. The van der Waals surface area contributed by atoms with Gasteiger partial charge in [0.25, 0.3) is 0 Å². The van der Waals surface area contributed by atoms with Crippen molar-refractivity contribution in [2.24, 2.45) is 5.92 Å². The molecule has 0 spiro atoms. The molecule has 4 nitrogen and oxygen atoms in total. The van der Waals surface area contributed by atoms with Crippen LogP contribution >= 0.6 is 0 Å². The van der Waals surface area contributed by atoms with E-state index in [1.165, 1.54) is 44.9 Å². The molecule has 27 heavy (non-hydrogen) atoms. The number of unbranched alkanes of at least 4 members (excludes halogenated alkanes) is 10. The van der Waals surface area contributed by atoms with E-state index < -0.39 is 17.7 Å². The van der Waals surface area contributed by atoms with Gasteiger partial charge in [0.15, 0.2) is 5.79 Å². The molecule has 0 rings (SSSR count). The van der Waals surface area contributed by atoms with Crippen LogP contribution in [-0.4, -0.2) is 28.6 Å². The van der Waals surface area contributed by atoms with Crippen molar-refractivity contribution in [2.45, 2.75) is 116 Å². The number of allylic oxidation sites excluding steroid dienone is 2. The van der Waals surface area contributed by atoms with Crippen LogP contribution in [0, 0.1) is 5.92 Å². The number of rotatable bonds is 18. The third-order valence-corrected chi connectivity index (χ3v) is 5.15. The smallest absolute Gasteiger partial charge is 0.314 e. The second-order valence-electron chi connectivity index (χ2n) is 7.56. The van der Waals surface area contributed by atoms with Crippen LogP contribution in [-0.2, 0) is 9.53 Å². The van der Waals surface area contributed by atoms with E-state index in [1.807, 2.05) is 0 Å². The molecule has 0 fully saturated rings. The standard InChI is InChI=1S/C23H44O4/c1-4-7-8-9-10-11-12-13-14-15-16-17-18-19-20-21(22(24)27-6-3)23(25,26)5-2/h13-14,21,25-26H,4-12,15-20H2,1-3H3/b14-13-. The van der Waals surface area contributed by atoms with Gasteiger partial charge in [0.2, 0.25) is 0 Å². The fourth-order valence-corrected chi connectivity index (χ4v) is 3.27. The summed E-state index contributed by atoms with van der Waals surface area (Å²) in [4.78, 5) is 12.0. The molecule has 0 amide bonds. The lowest BCUT2D eigenvalue weighted by atomic mass is 9.90. The number of hydrogen-bond donors (Lipinski definition) is 2. The Hall–Kier alpha value is -0.870. The van der Waals surface area contributed by atoms with E-state index in [9.17, 15) is 15.0 Å². The largest absolute Gasteiger partial charge is 0.466 e. The van der Waals surface area contributed by atoms with E-state index >= 15 is 0 Å². The summed E-state index contributed by atoms with van der Waals surface area (Å²) >= 11 is 0. The topological polar surface area (TPSA) is 66.8 Å². The van der Waals surface area contributed by atoms with Crippen molar-refractivity contribution in [3.05, 3.63) is 12.2 Å². The quantitative estimate of drug-likeness (QED) is 0.133. The Morgan fingerprint density at radius 3 is 1.89 bits per heavy atom. The van der Waals surface area contributed by atoms with Crippen LogP contribution in [0.1, 0.15) is 111 Å². The number of carbonyl (C=O) groups is 1. The summed E-state index contributed by atoms with van der Waals surface area (Å²) in [6, 6.07) is 0. The predicted molar refractivity (Wildman–Crippen MR) is 112 cm³/mol. The SMILES string of the molecule is CCCCCCCC/C=C\CCCCCCC(C(=O)OCC)C(O)(O)CC. The molecule has 0 aliphatic heterocycles.